The molecule has 0 radical (unpaired) electrons. The smallest absolute Gasteiger partial charge is 0.275 e. The molecule has 2 N–H and O–H groups in total. The molecule has 1 amide bonds. The minimum Gasteiger partial charge on any atom is -0.507 e. The minimum atomic E-state index is -0.444. The van der Waals surface area contributed by atoms with Crippen molar-refractivity contribution in [2.75, 3.05) is 0 Å². The van der Waals surface area contributed by atoms with Gasteiger partial charge < -0.3 is 5.11 Å². The summed E-state index contributed by atoms with van der Waals surface area (Å²) in [6.07, 6.45) is 3.71. The van der Waals surface area contributed by atoms with Crippen molar-refractivity contribution >= 4 is 17.7 Å². The van der Waals surface area contributed by atoms with Gasteiger partial charge in [-0.25, -0.2) is 5.43 Å². The highest BCUT2D eigenvalue weighted by atomic mass is 16.3. The molecule has 0 fully saturated rings. The van der Waals surface area contributed by atoms with Gasteiger partial charge in [-0.2, -0.15) is 5.10 Å². The SMILES string of the molecule is CC(/C=C\c1ccccc1)=N/NC(=O)c1ccccc1O. The van der Waals surface area contributed by atoms with Crippen molar-refractivity contribution < 1.29 is 9.90 Å². The molecule has 2 aromatic carbocycles. The third-order valence-electron chi connectivity index (χ3n) is 2.80. The summed E-state index contributed by atoms with van der Waals surface area (Å²) in [6, 6.07) is 16.1. The van der Waals surface area contributed by atoms with E-state index in [0.717, 1.165) is 5.56 Å². The number of para-hydroxylation sites is 1. The predicted octanol–water partition coefficient (Wildman–Crippen LogP) is 3.21. The van der Waals surface area contributed by atoms with Crippen molar-refractivity contribution in [2.24, 2.45) is 5.10 Å². The average molecular weight is 280 g/mol. The topological polar surface area (TPSA) is 61.7 Å². The molecule has 0 unspecified atom stereocenters. The summed E-state index contributed by atoms with van der Waals surface area (Å²) in [4.78, 5) is 11.8. The van der Waals surface area contributed by atoms with E-state index in [1.54, 1.807) is 25.1 Å². The number of carbonyl (C=O) groups is 1. The van der Waals surface area contributed by atoms with Crippen LogP contribution in [0.15, 0.2) is 65.8 Å². The third-order valence-corrected chi connectivity index (χ3v) is 2.80. The molecule has 0 aliphatic rings. The molecule has 0 saturated heterocycles. The molecule has 0 saturated carbocycles. The summed E-state index contributed by atoms with van der Waals surface area (Å²) in [7, 11) is 0. The van der Waals surface area contributed by atoms with E-state index in [1.807, 2.05) is 36.4 Å². The monoisotopic (exact) mass is 280 g/mol. The van der Waals surface area contributed by atoms with Crippen LogP contribution >= 0.6 is 0 Å². The first kappa shape index (κ1) is 14.5. The molecule has 106 valence electrons. The van der Waals surface area contributed by atoms with Gasteiger partial charge >= 0.3 is 0 Å². The summed E-state index contributed by atoms with van der Waals surface area (Å²) in [5.41, 5.74) is 4.32. The Morgan fingerprint density at radius 3 is 2.48 bits per heavy atom. The number of carbonyl (C=O) groups excluding carboxylic acids is 1. The number of hydrogen-bond acceptors (Lipinski definition) is 3. The summed E-state index contributed by atoms with van der Waals surface area (Å²) >= 11 is 0. The standard InChI is InChI=1S/C17H16N2O2/c1-13(11-12-14-7-3-2-4-8-14)18-19-17(21)15-9-5-6-10-16(15)20/h2-12,20H,1H3,(H,19,21)/b12-11-,18-13-. The molecule has 2 aromatic rings. The van der Waals surface area contributed by atoms with Crippen molar-refractivity contribution in [2.45, 2.75) is 6.92 Å². The Morgan fingerprint density at radius 2 is 1.76 bits per heavy atom. The van der Waals surface area contributed by atoms with Gasteiger partial charge in [0.05, 0.1) is 11.3 Å². The minimum absolute atomic E-state index is 0.0670. The zero-order valence-electron chi connectivity index (χ0n) is 11.7. The lowest BCUT2D eigenvalue weighted by Gasteiger charge is -2.02. The number of amides is 1. The van der Waals surface area contributed by atoms with E-state index in [2.05, 4.69) is 10.5 Å². The summed E-state index contributed by atoms with van der Waals surface area (Å²) in [5.74, 6) is -0.511. The highest BCUT2D eigenvalue weighted by molar-refractivity contribution is 6.00. The van der Waals surface area contributed by atoms with Crippen molar-refractivity contribution in [1.82, 2.24) is 5.43 Å². The molecule has 21 heavy (non-hydrogen) atoms. The van der Waals surface area contributed by atoms with Gasteiger partial charge in [-0.1, -0.05) is 48.5 Å². The molecule has 0 bridgehead atoms. The Labute approximate surface area is 123 Å². The maximum Gasteiger partial charge on any atom is 0.275 e. The Kier molecular flexibility index (Phi) is 4.88. The second-order valence-corrected chi connectivity index (χ2v) is 4.46. The van der Waals surface area contributed by atoms with Gasteiger partial charge in [0.15, 0.2) is 0 Å². The van der Waals surface area contributed by atoms with Gasteiger partial charge in [0.25, 0.3) is 5.91 Å². The van der Waals surface area contributed by atoms with Crippen molar-refractivity contribution in [3.8, 4) is 5.75 Å². The van der Waals surface area contributed by atoms with Crippen LogP contribution in [0.3, 0.4) is 0 Å². The predicted molar refractivity (Wildman–Crippen MR) is 84.2 cm³/mol. The lowest BCUT2D eigenvalue weighted by atomic mass is 10.2. The maximum absolute atomic E-state index is 11.8. The fraction of sp³-hybridized carbons (Fsp3) is 0.0588. The van der Waals surface area contributed by atoms with Crippen molar-refractivity contribution in [3.05, 3.63) is 71.8 Å². The van der Waals surface area contributed by atoms with E-state index in [0.29, 0.717) is 5.71 Å². The summed E-state index contributed by atoms with van der Waals surface area (Å²) in [6.45, 7) is 1.78. The van der Waals surface area contributed by atoms with Crippen LogP contribution in [-0.4, -0.2) is 16.7 Å². The van der Waals surface area contributed by atoms with Gasteiger partial charge in [-0.05, 0) is 30.7 Å². The van der Waals surface area contributed by atoms with Crippen LogP contribution in [0.1, 0.15) is 22.8 Å². The molecular weight excluding hydrogens is 264 g/mol. The van der Waals surface area contributed by atoms with E-state index < -0.39 is 5.91 Å². The summed E-state index contributed by atoms with van der Waals surface area (Å²) in [5, 5.41) is 13.6. The number of hydrogen-bond donors (Lipinski definition) is 2. The number of phenolic OH excluding ortho intramolecular Hbond substituents is 1. The first-order valence-corrected chi connectivity index (χ1v) is 6.52. The molecule has 0 spiro atoms. The van der Waals surface area contributed by atoms with Gasteiger partial charge in [0.2, 0.25) is 0 Å². The zero-order valence-corrected chi connectivity index (χ0v) is 11.7. The Balaban J connectivity index is 1.99. The van der Waals surface area contributed by atoms with Crippen molar-refractivity contribution in [3.63, 3.8) is 0 Å². The highest BCUT2D eigenvalue weighted by Crippen LogP contribution is 2.14. The molecule has 2 rings (SSSR count). The number of phenols is 1. The van der Waals surface area contributed by atoms with Crippen LogP contribution in [0.4, 0.5) is 0 Å². The summed E-state index contributed by atoms with van der Waals surface area (Å²) < 4.78 is 0. The van der Waals surface area contributed by atoms with Crippen LogP contribution in [-0.2, 0) is 0 Å². The molecule has 0 aliphatic carbocycles. The van der Waals surface area contributed by atoms with Crippen LogP contribution in [0.25, 0.3) is 6.08 Å². The van der Waals surface area contributed by atoms with Gasteiger partial charge in [-0.3, -0.25) is 4.79 Å². The quantitative estimate of drug-likeness (QED) is 0.667. The van der Waals surface area contributed by atoms with E-state index in [1.165, 1.54) is 12.1 Å². The van der Waals surface area contributed by atoms with E-state index in [4.69, 9.17) is 0 Å². The third kappa shape index (κ3) is 4.31. The average Bonchev–Trinajstić information content (AvgIpc) is 2.52. The molecule has 0 atom stereocenters. The Morgan fingerprint density at radius 1 is 1.10 bits per heavy atom. The largest absolute Gasteiger partial charge is 0.507 e. The first-order chi connectivity index (χ1) is 10.2. The lowest BCUT2D eigenvalue weighted by Crippen LogP contribution is -2.18. The Hall–Kier alpha value is -2.88. The fourth-order valence-corrected chi connectivity index (χ4v) is 1.68. The fourth-order valence-electron chi connectivity index (χ4n) is 1.68. The van der Waals surface area contributed by atoms with Crippen LogP contribution in [0.5, 0.6) is 5.75 Å². The van der Waals surface area contributed by atoms with Gasteiger partial charge in [0.1, 0.15) is 5.75 Å². The number of rotatable bonds is 4. The second-order valence-electron chi connectivity index (χ2n) is 4.46. The van der Waals surface area contributed by atoms with E-state index >= 15 is 0 Å². The normalized spacial score (nSPS) is 11.6. The number of aromatic hydroxyl groups is 1. The van der Waals surface area contributed by atoms with E-state index in [9.17, 15) is 9.90 Å². The molecular formula is C17H16N2O2. The van der Waals surface area contributed by atoms with Crippen LogP contribution < -0.4 is 5.43 Å². The molecule has 4 nitrogen and oxygen atoms in total. The lowest BCUT2D eigenvalue weighted by molar-refractivity contribution is 0.0952. The number of nitrogens with one attached hydrogen (secondary N) is 1. The molecule has 4 heteroatoms. The van der Waals surface area contributed by atoms with Crippen LogP contribution in [0, 0.1) is 0 Å². The second kappa shape index (κ2) is 7.05. The molecule has 0 aliphatic heterocycles. The number of nitrogens with zero attached hydrogens (tertiary/aromatic N) is 1. The van der Waals surface area contributed by atoms with E-state index in [-0.39, 0.29) is 11.3 Å². The number of allylic oxidation sites excluding steroid dienone is 1. The number of hydrazone groups is 1. The van der Waals surface area contributed by atoms with Gasteiger partial charge in [0, 0.05) is 0 Å². The van der Waals surface area contributed by atoms with Crippen LogP contribution in [0.2, 0.25) is 0 Å². The van der Waals surface area contributed by atoms with Gasteiger partial charge in [-0.15, -0.1) is 0 Å². The molecule has 0 heterocycles. The number of benzene rings is 2. The highest BCUT2D eigenvalue weighted by Gasteiger charge is 2.08. The Bertz CT molecular complexity index is 676. The first-order valence-electron chi connectivity index (χ1n) is 6.52. The zero-order chi connectivity index (χ0) is 15.1. The molecule has 0 aromatic heterocycles. The van der Waals surface area contributed by atoms with Crippen molar-refractivity contribution in [1.29, 1.82) is 0 Å². The maximum atomic E-state index is 11.8.